The number of hydrogen-bond acceptors (Lipinski definition) is 3. The molecule has 21 heavy (non-hydrogen) atoms. The second kappa shape index (κ2) is 7.45. The van der Waals surface area contributed by atoms with Gasteiger partial charge in [0, 0.05) is 25.0 Å². The summed E-state index contributed by atoms with van der Waals surface area (Å²) < 4.78 is 1.94. The van der Waals surface area contributed by atoms with E-state index in [0.717, 1.165) is 6.54 Å². The molecule has 0 spiro atoms. The van der Waals surface area contributed by atoms with Crippen molar-refractivity contribution in [1.82, 2.24) is 14.9 Å². The highest BCUT2D eigenvalue weighted by Gasteiger charge is 2.10. The molecule has 0 aliphatic rings. The molecule has 0 radical (unpaired) electrons. The summed E-state index contributed by atoms with van der Waals surface area (Å²) in [6.45, 7) is 2.91. The fourth-order valence-electron chi connectivity index (χ4n) is 1.84. The first-order chi connectivity index (χ1) is 10.1. The number of hydrogen-bond donors (Lipinski definition) is 2. The minimum Gasteiger partial charge on any atom is -0.336 e. The van der Waals surface area contributed by atoms with Crippen LogP contribution in [0.1, 0.15) is 6.92 Å². The predicted molar refractivity (Wildman–Crippen MR) is 84.8 cm³/mol. The molecule has 2 aromatic rings. The van der Waals surface area contributed by atoms with E-state index >= 15 is 0 Å². The molecule has 1 aromatic heterocycles. The molecule has 0 saturated carbocycles. The zero-order valence-corrected chi connectivity index (χ0v) is 13.0. The number of nitrogens with one attached hydrogen (secondary N) is 2. The molecule has 1 atom stereocenters. The lowest BCUT2D eigenvalue weighted by molar-refractivity contribution is -0.115. The van der Waals surface area contributed by atoms with E-state index in [1.807, 2.05) is 17.7 Å². The van der Waals surface area contributed by atoms with Gasteiger partial charge in [0.2, 0.25) is 5.91 Å². The number of para-hydroxylation sites is 1. The number of imidazole rings is 1. The molecule has 1 unspecified atom stereocenters. The van der Waals surface area contributed by atoms with Crippen molar-refractivity contribution in [3.8, 4) is 0 Å². The monoisotopic (exact) mass is 326 g/mol. The zero-order chi connectivity index (χ0) is 15.2. The van der Waals surface area contributed by atoms with Crippen LogP contribution in [0.25, 0.3) is 0 Å². The van der Waals surface area contributed by atoms with Crippen molar-refractivity contribution < 1.29 is 4.79 Å². The normalized spacial score (nSPS) is 12.1. The van der Waals surface area contributed by atoms with Gasteiger partial charge in [-0.1, -0.05) is 29.3 Å². The highest BCUT2D eigenvalue weighted by molar-refractivity contribution is 6.39. The van der Waals surface area contributed by atoms with Crippen LogP contribution in [0.3, 0.4) is 0 Å². The van der Waals surface area contributed by atoms with Crippen molar-refractivity contribution >= 4 is 34.8 Å². The van der Waals surface area contributed by atoms with Crippen molar-refractivity contribution in [3.05, 3.63) is 47.0 Å². The molecule has 1 heterocycles. The summed E-state index contributed by atoms with van der Waals surface area (Å²) in [6.07, 6.45) is 5.34. The first-order valence-corrected chi connectivity index (χ1v) is 7.25. The fraction of sp³-hybridized carbons (Fsp3) is 0.286. The van der Waals surface area contributed by atoms with E-state index in [9.17, 15) is 4.79 Å². The minimum atomic E-state index is -0.192. The van der Waals surface area contributed by atoms with E-state index < -0.39 is 0 Å². The second-order valence-electron chi connectivity index (χ2n) is 4.69. The van der Waals surface area contributed by atoms with E-state index in [2.05, 4.69) is 15.6 Å². The lowest BCUT2D eigenvalue weighted by atomic mass is 10.3. The Labute approximate surface area is 133 Å². The Kier molecular flexibility index (Phi) is 5.61. The highest BCUT2D eigenvalue weighted by atomic mass is 35.5. The Hall–Kier alpha value is -1.56. The number of halogens is 2. The average Bonchev–Trinajstić information content (AvgIpc) is 2.94. The molecule has 1 aromatic carbocycles. The Morgan fingerprint density at radius 3 is 2.71 bits per heavy atom. The van der Waals surface area contributed by atoms with Gasteiger partial charge in [0.05, 0.1) is 28.6 Å². The molecule has 0 saturated heterocycles. The van der Waals surface area contributed by atoms with E-state index in [4.69, 9.17) is 23.2 Å². The van der Waals surface area contributed by atoms with Gasteiger partial charge in [-0.05, 0) is 19.1 Å². The smallest absolute Gasteiger partial charge is 0.238 e. The number of benzene rings is 1. The third kappa shape index (κ3) is 4.74. The SMILES string of the molecule is CC(Cn1ccnc1)NCC(=O)Nc1c(Cl)cccc1Cl. The molecule has 0 aliphatic heterocycles. The average molecular weight is 327 g/mol. The lowest BCUT2D eigenvalue weighted by Crippen LogP contribution is -2.36. The Balaban J connectivity index is 1.82. The number of anilines is 1. The van der Waals surface area contributed by atoms with Crippen LogP contribution in [0.2, 0.25) is 10.0 Å². The van der Waals surface area contributed by atoms with Crippen LogP contribution in [0, 0.1) is 0 Å². The first-order valence-electron chi connectivity index (χ1n) is 6.49. The number of aromatic nitrogens is 2. The summed E-state index contributed by atoms with van der Waals surface area (Å²) in [5, 5.41) is 6.68. The van der Waals surface area contributed by atoms with Crippen molar-refractivity contribution in [1.29, 1.82) is 0 Å². The molecule has 5 nitrogen and oxygen atoms in total. The maximum absolute atomic E-state index is 11.9. The Bertz CT molecular complexity index is 581. The first kappa shape index (κ1) is 15.8. The van der Waals surface area contributed by atoms with Crippen LogP contribution in [-0.2, 0) is 11.3 Å². The molecule has 112 valence electrons. The third-order valence-electron chi connectivity index (χ3n) is 2.88. The van der Waals surface area contributed by atoms with Crippen LogP contribution in [-0.4, -0.2) is 28.0 Å². The summed E-state index contributed by atoms with van der Waals surface area (Å²) >= 11 is 12.0. The Morgan fingerprint density at radius 1 is 1.38 bits per heavy atom. The second-order valence-corrected chi connectivity index (χ2v) is 5.50. The van der Waals surface area contributed by atoms with Crippen molar-refractivity contribution in [3.63, 3.8) is 0 Å². The molecule has 1 amide bonds. The van der Waals surface area contributed by atoms with E-state index in [0.29, 0.717) is 15.7 Å². The van der Waals surface area contributed by atoms with Crippen LogP contribution < -0.4 is 10.6 Å². The summed E-state index contributed by atoms with van der Waals surface area (Å²) in [7, 11) is 0. The van der Waals surface area contributed by atoms with Crippen LogP contribution in [0.15, 0.2) is 36.9 Å². The number of amides is 1. The summed E-state index contributed by atoms with van der Waals surface area (Å²) in [5.41, 5.74) is 0.440. The van der Waals surface area contributed by atoms with Gasteiger partial charge in [0.1, 0.15) is 0 Å². The molecular weight excluding hydrogens is 311 g/mol. The Morgan fingerprint density at radius 2 is 2.10 bits per heavy atom. The van der Waals surface area contributed by atoms with Gasteiger partial charge in [0.25, 0.3) is 0 Å². The van der Waals surface area contributed by atoms with Crippen molar-refractivity contribution in [2.75, 3.05) is 11.9 Å². The van der Waals surface area contributed by atoms with Gasteiger partial charge in [-0.2, -0.15) is 0 Å². The van der Waals surface area contributed by atoms with Gasteiger partial charge in [-0.15, -0.1) is 0 Å². The largest absolute Gasteiger partial charge is 0.336 e. The molecule has 7 heteroatoms. The third-order valence-corrected chi connectivity index (χ3v) is 3.51. The summed E-state index contributed by atoms with van der Waals surface area (Å²) in [4.78, 5) is 15.9. The number of nitrogens with zero attached hydrogens (tertiary/aromatic N) is 2. The quantitative estimate of drug-likeness (QED) is 0.858. The molecule has 2 N–H and O–H groups in total. The molecule has 0 aliphatic carbocycles. The van der Waals surface area contributed by atoms with E-state index in [1.165, 1.54) is 0 Å². The minimum absolute atomic E-state index is 0.131. The lowest BCUT2D eigenvalue weighted by Gasteiger charge is -2.15. The number of rotatable bonds is 6. The van der Waals surface area contributed by atoms with Crippen molar-refractivity contribution in [2.24, 2.45) is 0 Å². The maximum atomic E-state index is 11.9. The van der Waals surface area contributed by atoms with Gasteiger partial charge in [-0.25, -0.2) is 4.98 Å². The van der Waals surface area contributed by atoms with Crippen LogP contribution in [0.5, 0.6) is 0 Å². The topological polar surface area (TPSA) is 59.0 Å². The number of carbonyl (C=O) groups excluding carboxylic acids is 1. The molecule has 0 bridgehead atoms. The maximum Gasteiger partial charge on any atom is 0.238 e. The van der Waals surface area contributed by atoms with Crippen molar-refractivity contribution in [2.45, 2.75) is 19.5 Å². The van der Waals surface area contributed by atoms with E-state index in [-0.39, 0.29) is 18.5 Å². The molecular formula is C14H16Cl2N4O. The van der Waals surface area contributed by atoms with E-state index in [1.54, 1.807) is 30.7 Å². The summed E-state index contributed by atoms with van der Waals surface area (Å²) in [5.74, 6) is -0.192. The predicted octanol–water partition coefficient (Wildman–Crippen LogP) is 2.81. The van der Waals surface area contributed by atoms with Gasteiger partial charge >= 0.3 is 0 Å². The van der Waals surface area contributed by atoms with Gasteiger partial charge in [-0.3, -0.25) is 4.79 Å². The molecule has 2 rings (SSSR count). The molecule has 0 fully saturated rings. The fourth-order valence-corrected chi connectivity index (χ4v) is 2.34. The highest BCUT2D eigenvalue weighted by Crippen LogP contribution is 2.29. The standard InChI is InChI=1S/C14H16Cl2N4O/c1-10(8-20-6-5-17-9-20)18-7-13(21)19-14-11(15)3-2-4-12(14)16/h2-6,9-10,18H,7-8H2,1H3,(H,19,21). The van der Waals surface area contributed by atoms with Crippen LogP contribution in [0.4, 0.5) is 5.69 Å². The number of carbonyl (C=O) groups is 1. The zero-order valence-electron chi connectivity index (χ0n) is 11.5. The van der Waals surface area contributed by atoms with Crippen LogP contribution >= 0.6 is 23.2 Å². The summed E-state index contributed by atoms with van der Waals surface area (Å²) in [6, 6.07) is 5.22. The van der Waals surface area contributed by atoms with Gasteiger partial charge in [0.15, 0.2) is 0 Å². The van der Waals surface area contributed by atoms with Gasteiger partial charge < -0.3 is 15.2 Å².